The Morgan fingerprint density at radius 3 is 2.37 bits per heavy atom. The normalized spacial score (nSPS) is 38.2. The lowest BCUT2D eigenvalue weighted by Gasteiger charge is -2.55. The van der Waals surface area contributed by atoms with E-state index in [1.807, 2.05) is 0 Å². The van der Waals surface area contributed by atoms with Crippen LogP contribution in [0.1, 0.15) is 76.0 Å². The number of nitrogens with one attached hydrogen (secondary N) is 2. The van der Waals surface area contributed by atoms with Gasteiger partial charge in [-0.25, -0.2) is 0 Å². The van der Waals surface area contributed by atoms with Crippen LogP contribution in [0.5, 0.6) is 0 Å². The van der Waals surface area contributed by atoms with E-state index in [1.54, 1.807) is 0 Å². The van der Waals surface area contributed by atoms with Crippen LogP contribution in [0, 0.1) is 41.4 Å². The molecule has 5 aliphatic rings. The first-order valence-corrected chi connectivity index (χ1v) is 12.2. The minimum absolute atomic E-state index is 0.0132. The summed E-state index contributed by atoms with van der Waals surface area (Å²) in [6, 6.07) is 8.70. The number of H-pyrrole nitrogens is 1. The summed E-state index contributed by atoms with van der Waals surface area (Å²) >= 11 is 0. The molecule has 0 radical (unpaired) electrons. The SMILES string of the molecule is Cc1[nH]c2ccccc2c1[C@H]1[C@@H](CCNC(=O)C23CC4CC(CC(C4)C2)C3)C1(C)C. The Hall–Kier alpha value is -1.77. The second-order valence-corrected chi connectivity index (χ2v) is 11.9. The lowest BCUT2D eigenvalue weighted by molar-refractivity contribution is -0.146. The van der Waals surface area contributed by atoms with Crippen molar-refractivity contribution in [3.05, 3.63) is 35.5 Å². The van der Waals surface area contributed by atoms with Gasteiger partial charge in [-0.15, -0.1) is 0 Å². The van der Waals surface area contributed by atoms with E-state index in [0.29, 0.717) is 23.2 Å². The zero-order valence-corrected chi connectivity index (χ0v) is 18.8. The Morgan fingerprint density at radius 2 is 1.70 bits per heavy atom. The maximum absolute atomic E-state index is 13.3. The fourth-order valence-corrected chi connectivity index (χ4v) is 8.47. The van der Waals surface area contributed by atoms with E-state index < -0.39 is 0 Å². The molecule has 4 bridgehead atoms. The highest BCUT2D eigenvalue weighted by Gasteiger charge is 2.59. The molecular weight excluding hydrogens is 368 g/mol. The Labute approximate surface area is 180 Å². The predicted molar refractivity (Wildman–Crippen MR) is 121 cm³/mol. The van der Waals surface area contributed by atoms with Crippen LogP contribution in [-0.2, 0) is 4.79 Å². The molecule has 1 aromatic carbocycles. The molecule has 3 nitrogen and oxygen atoms in total. The monoisotopic (exact) mass is 404 g/mol. The van der Waals surface area contributed by atoms with E-state index in [0.717, 1.165) is 50.0 Å². The van der Waals surface area contributed by atoms with Gasteiger partial charge in [0.05, 0.1) is 0 Å². The van der Waals surface area contributed by atoms with Crippen LogP contribution in [0.4, 0.5) is 0 Å². The van der Waals surface area contributed by atoms with Gasteiger partial charge in [-0.3, -0.25) is 4.79 Å². The van der Waals surface area contributed by atoms with E-state index in [9.17, 15) is 4.79 Å². The van der Waals surface area contributed by atoms with Crippen LogP contribution in [0.2, 0.25) is 0 Å². The number of rotatable bonds is 5. The Morgan fingerprint density at radius 1 is 1.07 bits per heavy atom. The lowest BCUT2D eigenvalue weighted by Crippen LogP contribution is -2.53. The van der Waals surface area contributed by atoms with Crippen molar-refractivity contribution in [2.45, 2.75) is 71.6 Å². The second-order valence-electron chi connectivity index (χ2n) is 11.9. The van der Waals surface area contributed by atoms with Gasteiger partial charge in [0, 0.05) is 28.6 Å². The molecule has 0 unspecified atom stereocenters. The lowest BCUT2D eigenvalue weighted by atomic mass is 9.49. The van der Waals surface area contributed by atoms with E-state index in [-0.39, 0.29) is 5.41 Å². The van der Waals surface area contributed by atoms with Crippen molar-refractivity contribution < 1.29 is 4.79 Å². The topological polar surface area (TPSA) is 44.9 Å². The van der Waals surface area contributed by atoms with E-state index in [2.05, 4.69) is 55.3 Å². The molecule has 0 aliphatic heterocycles. The molecule has 0 saturated heterocycles. The number of amides is 1. The molecule has 7 rings (SSSR count). The van der Waals surface area contributed by atoms with Gasteiger partial charge in [0.2, 0.25) is 5.91 Å². The van der Waals surface area contributed by atoms with Gasteiger partial charge in [-0.2, -0.15) is 0 Å². The van der Waals surface area contributed by atoms with Gasteiger partial charge in [0.1, 0.15) is 0 Å². The fourth-order valence-electron chi connectivity index (χ4n) is 8.47. The summed E-state index contributed by atoms with van der Waals surface area (Å²) in [6.07, 6.45) is 8.77. The van der Waals surface area contributed by atoms with Crippen molar-refractivity contribution in [2.75, 3.05) is 6.54 Å². The highest BCUT2D eigenvalue weighted by molar-refractivity contribution is 5.86. The number of aryl methyl sites for hydroxylation is 1. The third-order valence-corrected chi connectivity index (χ3v) is 9.57. The standard InChI is InChI=1S/C27H36N2O/c1-16-23(20-6-4-5-7-22(20)29-16)24-21(26(24,2)3)8-9-28-25(30)27-13-17-10-18(14-27)12-19(11-17)15-27/h4-7,17-19,21,24,29H,8-15H2,1-3H3,(H,28,30)/t17?,18?,19?,21-,24-,27?/m1/s1. The zero-order chi connectivity index (χ0) is 20.7. The van der Waals surface area contributed by atoms with Crippen molar-refractivity contribution in [3.8, 4) is 0 Å². The van der Waals surface area contributed by atoms with Crippen LogP contribution >= 0.6 is 0 Å². The molecule has 2 N–H and O–H groups in total. The van der Waals surface area contributed by atoms with Gasteiger partial charge in [-0.05, 0) is 98.5 Å². The minimum atomic E-state index is -0.0132. The number of aromatic amines is 1. The maximum Gasteiger partial charge on any atom is 0.226 e. The van der Waals surface area contributed by atoms with Crippen LogP contribution in [0.15, 0.2) is 24.3 Å². The van der Waals surface area contributed by atoms with Crippen molar-refractivity contribution >= 4 is 16.8 Å². The number of hydrogen-bond acceptors (Lipinski definition) is 1. The fraction of sp³-hybridized carbons (Fsp3) is 0.667. The number of hydrogen-bond donors (Lipinski definition) is 2. The van der Waals surface area contributed by atoms with Gasteiger partial charge in [-0.1, -0.05) is 32.0 Å². The molecular formula is C27H36N2O. The van der Waals surface area contributed by atoms with E-state index in [4.69, 9.17) is 0 Å². The molecule has 2 atom stereocenters. The van der Waals surface area contributed by atoms with E-state index >= 15 is 0 Å². The van der Waals surface area contributed by atoms with Gasteiger partial charge in [0.15, 0.2) is 0 Å². The summed E-state index contributed by atoms with van der Waals surface area (Å²) < 4.78 is 0. The third kappa shape index (κ3) is 2.73. The Balaban J connectivity index is 1.13. The Bertz CT molecular complexity index is 964. The smallest absolute Gasteiger partial charge is 0.226 e. The van der Waals surface area contributed by atoms with Crippen LogP contribution in [-0.4, -0.2) is 17.4 Å². The molecule has 30 heavy (non-hydrogen) atoms. The van der Waals surface area contributed by atoms with E-state index in [1.165, 1.54) is 41.4 Å². The van der Waals surface area contributed by atoms with Gasteiger partial charge in [0.25, 0.3) is 0 Å². The summed E-state index contributed by atoms with van der Waals surface area (Å²) in [4.78, 5) is 16.9. The van der Waals surface area contributed by atoms with Crippen molar-refractivity contribution in [3.63, 3.8) is 0 Å². The minimum Gasteiger partial charge on any atom is -0.358 e. The highest BCUT2D eigenvalue weighted by atomic mass is 16.2. The van der Waals surface area contributed by atoms with Crippen LogP contribution < -0.4 is 5.32 Å². The Kier molecular flexibility index (Phi) is 4.03. The number of carbonyl (C=O) groups excluding carboxylic acids is 1. The molecule has 1 heterocycles. The number of aromatic nitrogens is 1. The average Bonchev–Trinajstić information content (AvgIpc) is 3.05. The first kappa shape index (κ1) is 19.0. The first-order valence-electron chi connectivity index (χ1n) is 12.2. The van der Waals surface area contributed by atoms with Gasteiger partial charge < -0.3 is 10.3 Å². The second kappa shape index (κ2) is 6.37. The molecule has 160 valence electrons. The molecule has 3 heteroatoms. The van der Waals surface area contributed by atoms with Crippen molar-refractivity contribution in [1.82, 2.24) is 10.3 Å². The molecule has 5 saturated carbocycles. The summed E-state index contributed by atoms with van der Waals surface area (Å²) in [5.74, 6) is 4.12. The molecule has 5 aliphatic carbocycles. The predicted octanol–water partition coefficient (Wildman–Crippen LogP) is 5.94. The first-order chi connectivity index (χ1) is 14.4. The number of fused-ring (bicyclic) bond motifs is 1. The highest BCUT2D eigenvalue weighted by Crippen LogP contribution is 2.67. The number of para-hydroxylation sites is 1. The number of carbonyl (C=O) groups is 1. The van der Waals surface area contributed by atoms with Crippen molar-refractivity contribution in [2.24, 2.45) is 34.5 Å². The van der Waals surface area contributed by atoms with Crippen LogP contribution in [0.3, 0.4) is 0 Å². The van der Waals surface area contributed by atoms with Crippen LogP contribution in [0.25, 0.3) is 10.9 Å². The average molecular weight is 405 g/mol. The molecule has 2 aromatic rings. The zero-order valence-electron chi connectivity index (χ0n) is 18.8. The largest absolute Gasteiger partial charge is 0.358 e. The molecule has 5 fully saturated rings. The number of benzene rings is 1. The summed E-state index contributed by atoms with van der Waals surface area (Å²) in [6.45, 7) is 7.87. The summed E-state index contributed by atoms with van der Waals surface area (Å²) in [5, 5.41) is 4.80. The summed E-state index contributed by atoms with van der Waals surface area (Å²) in [5.41, 5.74) is 4.37. The summed E-state index contributed by atoms with van der Waals surface area (Å²) in [7, 11) is 0. The molecule has 1 aromatic heterocycles. The molecule has 1 amide bonds. The molecule has 0 spiro atoms. The third-order valence-electron chi connectivity index (χ3n) is 9.57. The maximum atomic E-state index is 13.3. The van der Waals surface area contributed by atoms with Crippen molar-refractivity contribution in [1.29, 1.82) is 0 Å². The quantitative estimate of drug-likeness (QED) is 0.636. The van der Waals surface area contributed by atoms with Gasteiger partial charge >= 0.3 is 0 Å².